The maximum atomic E-state index is 13.7. The number of hydrogen-bond donors (Lipinski definition) is 2. The molecule has 2 N–H and O–H groups in total. The van der Waals surface area contributed by atoms with Crippen molar-refractivity contribution in [2.75, 3.05) is 11.9 Å². The van der Waals surface area contributed by atoms with Gasteiger partial charge in [-0.1, -0.05) is 12.1 Å². The van der Waals surface area contributed by atoms with Gasteiger partial charge in [0.05, 0.1) is 5.56 Å². The summed E-state index contributed by atoms with van der Waals surface area (Å²) in [6, 6.07) is 7.29. The first-order valence-electron chi connectivity index (χ1n) is 5.73. The highest BCUT2D eigenvalue weighted by molar-refractivity contribution is 5.87. The molecular weight excluding hydrogens is 249 g/mol. The van der Waals surface area contributed by atoms with Crippen LogP contribution in [0.2, 0.25) is 0 Å². The molecule has 1 aromatic carbocycles. The quantitative estimate of drug-likeness (QED) is 0.884. The van der Waals surface area contributed by atoms with Crippen molar-refractivity contribution in [1.82, 2.24) is 9.97 Å². The van der Waals surface area contributed by atoms with Crippen molar-refractivity contribution in [3.63, 3.8) is 0 Å². The summed E-state index contributed by atoms with van der Waals surface area (Å²) in [5.74, 6) is -1.27. The smallest absolute Gasteiger partial charge is 0.354 e. The predicted octanol–water partition coefficient (Wildman–Crippen LogP) is 2.41. The Hall–Kier alpha value is -2.50. The molecule has 98 valence electrons. The lowest BCUT2D eigenvalue weighted by Gasteiger charge is -2.07. The van der Waals surface area contributed by atoms with Gasteiger partial charge in [0.15, 0.2) is 11.5 Å². The van der Waals surface area contributed by atoms with E-state index in [-0.39, 0.29) is 17.1 Å². The van der Waals surface area contributed by atoms with E-state index in [1.807, 2.05) is 6.92 Å². The second-order valence-corrected chi connectivity index (χ2v) is 3.78. The van der Waals surface area contributed by atoms with Crippen molar-refractivity contribution in [3.05, 3.63) is 41.8 Å². The first-order chi connectivity index (χ1) is 9.11. The number of aromatic carboxylic acids is 1. The van der Waals surface area contributed by atoms with Gasteiger partial charge >= 0.3 is 5.97 Å². The van der Waals surface area contributed by atoms with Crippen LogP contribution >= 0.6 is 0 Å². The summed E-state index contributed by atoms with van der Waals surface area (Å²) in [4.78, 5) is 19.0. The molecule has 19 heavy (non-hydrogen) atoms. The topological polar surface area (TPSA) is 75.1 Å². The van der Waals surface area contributed by atoms with Crippen LogP contribution in [0.3, 0.4) is 0 Å². The third kappa shape index (κ3) is 2.85. The molecule has 0 aliphatic rings. The summed E-state index contributed by atoms with van der Waals surface area (Å²) in [6.07, 6.45) is 0. The van der Waals surface area contributed by atoms with E-state index in [1.54, 1.807) is 12.1 Å². The number of halogens is 1. The van der Waals surface area contributed by atoms with Crippen LogP contribution in [0.15, 0.2) is 30.3 Å². The fraction of sp³-hybridized carbons (Fsp3) is 0.154. The average molecular weight is 261 g/mol. The number of carboxylic acid groups (broad SMARTS) is 1. The van der Waals surface area contributed by atoms with Crippen molar-refractivity contribution >= 4 is 11.8 Å². The minimum Gasteiger partial charge on any atom is -0.477 e. The minimum atomic E-state index is -1.18. The fourth-order valence-corrected chi connectivity index (χ4v) is 1.59. The number of rotatable bonds is 4. The Labute approximate surface area is 109 Å². The lowest BCUT2D eigenvalue weighted by Crippen LogP contribution is -2.08. The first-order valence-corrected chi connectivity index (χ1v) is 5.73. The van der Waals surface area contributed by atoms with Crippen LogP contribution in [0.1, 0.15) is 17.4 Å². The number of anilines is 1. The molecule has 1 aromatic heterocycles. The van der Waals surface area contributed by atoms with E-state index in [9.17, 15) is 9.18 Å². The van der Waals surface area contributed by atoms with Crippen LogP contribution < -0.4 is 5.32 Å². The van der Waals surface area contributed by atoms with Gasteiger partial charge in [0, 0.05) is 12.6 Å². The van der Waals surface area contributed by atoms with Gasteiger partial charge in [-0.2, -0.15) is 0 Å². The van der Waals surface area contributed by atoms with Crippen LogP contribution in [0.4, 0.5) is 10.2 Å². The van der Waals surface area contributed by atoms with Crippen LogP contribution in [-0.2, 0) is 0 Å². The largest absolute Gasteiger partial charge is 0.477 e. The molecule has 0 aliphatic carbocycles. The second-order valence-electron chi connectivity index (χ2n) is 3.78. The lowest BCUT2D eigenvalue weighted by molar-refractivity contribution is 0.0690. The fourth-order valence-electron chi connectivity index (χ4n) is 1.59. The molecule has 0 spiro atoms. The summed E-state index contributed by atoms with van der Waals surface area (Å²) in [6.45, 7) is 2.43. The SMILES string of the molecule is CCNc1cc(C(=O)O)nc(-c2ccccc2F)n1. The summed E-state index contributed by atoms with van der Waals surface area (Å²) < 4.78 is 13.7. The zero-order valence-electron chi connectivity index (χ0n) is 10.2. The monoisotopic (exact) mass is 261 g/mol. The van der Waals surface area contributed by atoms with E-state index < -0.39 is 11.8 Å². The molecule has 5 nitrogen and oxygen atoms in total. The van der Waals surface area contributed by atoms with Crippen LogP contribution in [0.5, 0.6) is 0 Å². The molecule has 2 rings (SSSR count). The minimum absolute atomic E-state index is 0.0500. The van der Waals surface area contributed by atoms with Gasteiger partial charge in [-0.25, -0.2) is 19.2 Å². The Morgan fingerprint density at radius 1 is 1.37 bits per heavy atom. The molecule has 0 aliphatic heterocycles. The summed E-state index contributed by atoms with van der Waals surface area (Å²) in [7, 11) is 0. The Morgan fingerprint density at radius 3 is 2.74 bits per heavy atom. The molecule has 6 heteroatoms. The van der Waals surface area contributed by atoms with E-state index in [0.29, 0.717) is 12.4 Å². The number of nitrogens with zero attached hydrogens (tertiary/aromatic N) is 2. The van der Waals surface area contributed by atoms with Crippen molar-refractivity contribution in [2.45, 2.75) is 6.92 Å². The normalized spacial score (nSPS) is 10.2. The Balaban J connectivity index is 2.56. The van der Waals surface area contributed by atoms with Crippen molar-refractivity contribution in [1.29, 1.82) is 0 Å². The average Bonchev–Trinajstić information content (AvgIpc) is 2.39. The van der Waals surface area contributed by atoms with E-state index >= 15 is 0 Å². The van der Waals surface area contributed by atoms with Gasteiger partial charge in [0.2, 0.25) is 0 Å². The van der Waals surface area contributed by atoms with Gasteiger partial charge < -0.3 is 10.4 Å². The van der Waals surface area contributed by atoms with Crippen molar-refractivity contribution in [3.8, 4) is 11.4 Å². The highest BCUT2D eigenvalue weighted by atomic mass is 19.1. The molecule has 0 saturated heterocycles. The Kier molecular flexibility index (Phi) is 3.70. The molecule has 2 aromatic rings. The molecule has 1 heterocycles. The number of hydrogen-bond acceptors (Lipinski definition) is 4. The molecule has 0 unspecified atom stereocenters. The van der Waals surface area contributed by atoms with Gasteiger partial charge in [-0.05, 0) is 19.1 Å². The molecule has 0 saturated carbocycles. The van der Waals surface area contributed by atoms with Crippen LogP contribution in [0.25, 0.3) is 11.4 Å². The zero-order valence-corrected chi connectivity index (χ0v) is 10.2. The Bertz CT molecular complexity index is 617. The van der Waals surface area contributed by atoms with E-state index in [2.05, 4.69) is 15.3 Å². The summed E-state index contributed by atoms with van der Waals surface area (Å²) in [5.41, 5.74) is -0.00560. The molecule has 0 radical (unpaired) electrons. The third-order valence-electron chi connectivity index (χ3n) is 2.42. The number of benzene rings is 1. The third-order valence-corrected chi connectivity index (χ3v) is 2.42. The number of aromatic nitrogens is 2. The van der Waals surface area contributed by atoms with Crippen molar-refractivity contribution < 1.29 is 14.3 Å². The van der Waals surface area contributed by atoms with Gasteiger partial charge in [-0.3, -0.25) is 0 Å². The zero-order chi connectivity index (χ0) is 13.8. The lowest BCUT2D eigenvalue weighted by atomic mass is 10.2. The predicted molar refractivity (Wildman–Crippen MR) is 68.5 cm³/mol. The second kappa shape index (κ2) is 5.43. The Morgan fingerprint density at radius 2 is 2.11 bits per heavy atom. The highest BCUT2D eigenvalue weighted by Crippen LogP contribution is 2.21. The molecule has 0 atom stereocenters. The molecule has 0 bridgehead atoms. The first kappa shape index (κ1) is 12.9. The molecule has 0 amide bonds. The standard InChI is InChI=1S/C13H12FN3O2/c1-2-15-11-7-10(13(18)19)16-12(17-11)8-5-3-4-6-9(8)14/h3-7H,2H2,1H3,(H,18,19)(H,15,16,17). The van der Waals surface area contributed by atoms with Crippen LogP contribution in [0, 0.1) is 5.82 Å². The van der Waals surface area contributed by atoms with Gasteiger partial charge in [-0.15, -0.1) is 0 Å². The maximum absolute atomic E-state index is 13.7. The highest BCUT2D eigenvalue weighted by Gasteiger charge is 2.13. The van der Waals surface area contributed by atoms with Gasteiger partial charge in [0.1, 0.15) is 11.6 Å². The van der Waals surface area contributed by atoms with E-state index in [4.69, 9.17) is 5.11 Å². The van der Waals surface area contributed by atoms with E-state index in [1.165, 1.54) is 18.2 Å². The number of carbonyl (C=O) groups is 1. The maximum Gasteiger partial charge on any atom is 0.354 e. The molecular formula is C13H12FN3O2. The van der Waals surface area contributed by atoms with E-state index in [0.717, 1.165) is 0 Å². The van der Waals surface area contributed by atoms with Crippen LogP contribution in [-0.4, -0.2) is 27.6 Å². The summed E-state index contributed by atoms with van der Waals surface area (Å²) >= 11 is 0. The molecule has 0 fully saturated rings. The number of carboxylic acids is 1. The summed E-state index contributed by atoms with van der Waals surface area (Å²) in [5, 5.41) is 11.9. The number of nitrogens with one attached hydrogen (secondary N) is 1. The van der Waals surface area contributed by atoms with Gasteiger partial charge in [0.25, 0.3) is 0 Å². The van der Waals surface area contributed by atoms with Crippen molar-refractivity contribution in [2.24, 2.45) is 0 Å².